The zero-order valence-corrected chi connectivity index (χ0v) is 12.7. The first-order valence-corrected chi connectivity index (χ1v) is 7.13. The molecule has 2 rings (SSSR count). The van der Waals surface area contributed by atoms with Crippen LogP contribution in [0.1, 0.15) is 25.5 Å². The molecule has 0 bridgehead atoms. The van der Waals surface area contributed by atoms with Gasteiger partial charge in [0.15, 0.2) is 0 Å². The van der Waals surface area contributed by atoms with E-state index >= 15 is 0 Å². The molecule has 112 valence electrons. The van der Waals surface area contributed by atoms with Crippen LogP contribution in [-0.4, -0.2) is 16.3 Å². The van der Waals surface area contributed by atoms with Gasteiger partial charge in [-0.25, -0.2) is 9.07 Å². The van der Waals surface area contributed by atoms with Gasteiger partial charge in [0.1, 0.15) is 10.8 Å². The van der Waals surface area contributed by atoms with Crippen molar-refractivity contribution in [3.63, 3.8) is 0 Å². The van der Waals surface area contributed by atoms with Gasteiger partial charge in [-0.1, -0.05) is 29.8 Å². The predicted molar refractivity (Wildman–Crippen MR) is 82.5 cm³/mol. The molecule has 0 fully saturated rings. The van der Waals surface area contributed by atoms with E-state index in [0.717, 1.165) is 0 Å². The molecule has 0 atom stereocenters. The highest BCUT2D eigenvalue weighted by Gasteiger charge is 2.11. The van der Waals surface area contributed by atoms with Gasteiger partial charge in [-0.05, 0) is 31.9 Å². The zero-order chi connectivity index (χ0) is 15.4. The van der Waals surface area contributed by atoms with Crippen LogP contribution >= 0.6 is 11.6 Å². The molecule has 0 amide bonds. The van der Waals surface area contributed by atoms with Gasteiger partial charge in [-0.15, -0.1) is 0 Å². The molecule has 21 heavy (non-hydrogen) atoms. The van der Waals surface area contributed by atoms with Gasteiger partial charge in [0.25, 0.3) is 5.56 Å². The molecule has 0 unspecified atom stereocenters. The fourth-order valence-corrected chi connectivity index (χ4v) is 2.17. The molecule has 0 aliphatic heterocycles. The van der Waals surface area contributed by atoms with Crippen molar-refractivity contribution in [2.75, 3.05) is 11.9 Å². The van der Waals surface area contributed by atoms with E-state index in [2.05, 4.69) is 10.4 Å². The molecule has 1 aromatic heterocycles. The lowest BCUT2D eigenvalue weighted by atomic mass is 10.1. The van der Waals surface area contributed by atoms with E-state index < -0.39 is 0 Å². The monoisotopic (exact) mass is 309 g/mol. The topological polar surface area (TPSA) is 46.9 Å². The maximum atomic E-state index is 13.5. The van der Waals surface area contributed by atoms with Gasteiger partial charge < -0.3 is 5.32 Å². The summed E-state index contributed by atoms with van der Waals surface area (Å²) in [5.74, 6) is -0.237. The number of hydrogen-bond acceptors (Lipinski definition) is 3. The highest BCUT2D eigenvalue weighted by Crippen LogP contribution is 2.16. The summed E-state index contributed by atoms with van der Waals surface area (Å²) < 4.78 is 14.8. The minimum absolute atomic E-state index is 0.0533. The summed E-state index contributed by atoms with van der Waals surface area (Å²) in [6, 6.07) is 6.54. The van der Waals surface area contributed by atoms with E-state index in [4.69, 9.17) is 11.6 Å². The number of benzene rings is 1. The largest absolute Gasteiger partial charge is 0.382 e. The maximum Gasteiger partial charge on any atom is 0.287 e. The Morgan fingerprint density at radius 1 is 1.38 bits per heavy atom. The second-order valence-electron chi connectivity index (χ2n) is 4.98. The lowest BCUT2D eigenvalue weighted by molar-refractivity contribution is 0.503. The Balaban J connectivity index is 2.06. The summed E-state index contributed by atoms with van der Waals surface area (Å²) in [4.78, 5) is 12.0. The molecule has 0 saturated carbocycles. The highest BCUT2D eigenvalue weighted by molar-refractivity contribution is 6.32. The minimum atomic E-state index is -0.331. The van der Waals surface area contributed by atoms with Crippen LogP contribution in [0.25, 0.3) is 0 Å². The van der Waals surface area contributed by atoms with E-state index in [-0.39, 0.29) is 22.4 Å². The molecule has 1 N–H and O–H groups in total. The van der Waals surface area contributed by atoms with Crippen LogP contribution < -0.4 is 10.9 Å². The van der Waals surface area contributed by atoms with E-state index in [9.17, 15) is 9.18 Å². The number of aromatic nitrogens is 2. The van der Waals surface area contributed by atoms with Crippen LogP contribution in [-0.2, 0) is 6.42 Å². The molecule has 2 aromatic rings. The number of nitrogens with zero attached hydrogens (tertiary/aromatic N) is 2. The lowest BCUT2D eigenvalue weighted by Crippen LogP contribution is -2.26. The van der Waals surface area contributed by atoms with Crippen LogP contribution in [0.3, 0.4) is 0 Å². The van der Waals surface area contributed by atoms with Crippen LogP contribution in [0.2, 0.25) is 5.02 Å². The van der Waals surface area contributed by atoms with Gasteiger partial charge in [0.2, 0.25) is 0 Å². The first kappa shape index (κ1) is 15.5. The molecule has 0 aliphatic rings. The van der Waals surface area contributed by atoms with Crippen molar-refractivity contribution in [2.24, 2.45) is 0 Å². The minimum Gasteiger partial charge on any atom is -0.382 e. The second kappa shape index (κ2) is 6.72. The highest BCUT2D eigenvalue weighted by atomic mass is 35.5. The number of anilines is 1. The zero-order valence-electron chi connectivity index (χ0n) is 11.9. The van der Waals surface area contributed by atoms with Crippen LogP contribution in [0, 0.1) is 5.82 Å². The molecular weight excluding hydrogens is 293 g/mol. The van der Waals surface area contributed by atoms with Gasteiger partial charge in [0, 0.05) is 6.54 Å². The van der Waals surface area contributed by atoms with E-state index in [0.29, 0.717) is 24.2 Å². The normalized spacial score (nSPS) is 10.9. The van der Waals surface area contributed by atoms with Gasteiger partial charge >= 0.3 is 0 Å². The molecule has 0 saturated heterocycles. The predicted octanol–water partition coefficient (Wildman–Crippen LogP) is 3.27. The quantitative estimate of drug-likeness (QED) is 0.922. The maximum absolute atomic E-state index is 13.5. The van der Waals surface area contributed by atoms with Gasteiger partial charge in [-0.3, -0.25) is 4.79 Å². The van der Waals surface area contributed by atoms with E-state index in [1.165, 1.54) is 16.9 Å². The third-order valence-electron chi connectivity index (χ3n) is 3.10. The smallest absolute Gasteiger partial charge is 0.287 e. The summed E-state index contributed by atoms with van der Waals surface area (Å²) in [6.45, 7) is 4.18. The van der Waals surface area contributed by atoms with Gasteiger partial charge in [0.05, 0.1) is 17.9 Å². The Morgan fingerprint density at radius 2 is 2.10 bits per heavy atom. The summed E-state index contributed by atoms with van der Waals surface area (Å²) in [5.41, 5.74) is 0.752. The summed E-state index contributed by atoms with van der Waals surface area (Å²) in [6.07, 6.45) is 2.02. The number of nitrogens with one attached hydrogen (secondary N) is 1. The van der Waals surface area contributed by atoms with E-state index in [1.54, 1.807) is 18.2 Å². The van der Waals surface area contributed by atoms with Crippen molar-refractivity contribution in [1.82, 2.24) is 9.78 Å². The third-order valence-corrected chi connectivity index (χ3v) is 3.47. The lowest BCUT2D eigenvalue weighted by Gasteiger charge is -2.12. The number of halogens is 2. The Morgan fingerprint density at radius 3 is 2.76 bits per heavy atom. The van der Waals surface area contributed by atoms with Crippen molar-refractivity contribution in [3.05, 3.63) is 57.2 Å². The second-order valence-corrected chi connectivity index (χ2v) is 5.36. The Hall–Kier alpha value is -1.88. The summed E-state index contributed by atoms with van der Waals surface area (Å²) in [5, 5.41) is 7.19. The SMILES string of the molecule is CC(C)n1ncc(NCCc2ccccc2F)c(Cl)c1=O. The molecular formula is C15H17ClFN3O. The van der Waals surface area contributed by atoms with Gasteiger partial charge in [-0.2, -0.15) is 5.10 Å². The van der Waals surface area contributed by atoms with Crippen molar-refractivity contribution in [1.29, 1.82) is 0 Å². The standard InChI is InChI=1S/C15H17ClFN3O/c1-10(2)20-15(21)14(16)13(9-19-20)18-8-7-11-5-3-4-6-12(11)17/h3-6,9-10,18H,7-8H2,1-2H3. The Labute approximate surface area is 127 Å². The molecule has 6 heteroatoms. The molecule has 4 nitrogen and oxygen atoms in total. The summed E-state index contributed by atoms with van der Waals surface area (Å²) >= 11 is 6.05. The number of rotatable bonds is 5. The fourth-order valence-electron chi connectivity index (χ4n) is 1.97. The first-order chi connectivity index (χ1) is 10.0. The third kappa shape index (κ3) is 3.61. The average molecular weight is 310 g/mol. The molecule has 1 aromatic carbocycles. The fraction of sp³-hybridized carbons (Fsp3) is 0.333. The van der Waals surface area contributed by atoms with Crippen molar-refractivity contribution < 1.29 is 4.39 Å². The molecule has 1 heterocycles. The Kier molecular flexibility index (Phi) is 4.96. The first-order valence-electron chi connectivity index (χ1n) is 6.75. The summed E-state index contributed by atoms with van der Waals surface area (Å²) in [7, 11) is 0. The van der Waals surface area contributed by atoms with Crippen molar-refractivity contribution in [3.8, 4) is 0 Å². The molecule has 0 aliphatic carbocycles. The number of hydrogen-bond donors (Lipinski definition) is 1. The van der Waals surface area contributed by atoms with Crippen LogP contribution in [0.15, 0.2) is 35.3 Å². The Bertz CT molecular complexity index is 685. The molecule has 0 spiro atoms. The molecule has 0 radical (unpaired) electrons. The van der Waals surface area contributed by atoms with Crippen LogP contribution in [0.5, 0.6) is 0 Å². The van der Waals surface area contributed by atoms with Crippen molar-refractivity contribution in [2.45, 2.75) is 26.3 Å². The average Bonchev–Trinajstić information content (AvgIpc) is 2.45. The van der Waals surface area contributed by atoms with Crippen molar-refractivity contribution >= 4 is 17.3 Å². The van der Waals surface area contributed by atoms with Crippen LogP contribution in [0.4, 0.5) is 10.1 Å². The van der Waals surface area contributed by atoms with E-state index in [1.807, 2.05) is 13.8 Å².